The van der Waals surface area contributed by atoms with Gasteiger partial charge in [0.1, 0.15) is 6.10 Å². The van der Waals surface area contributed by atoms with Crippen LogP contribution in [-0.2, 0) is 4.74 Å². The van der Waals surface area contributed by atoms with E-state index < -0.39 is 6.10 Å². The second-order valence-electron chi connectivity index (χ2n) is 3.17. The Morgan fingerprint density at radius 1 is 1.62 bits per heavy atom. The average Bonchev–Trinajstić information content (AvgIpc) is 2.52. The quantitative estimate of drug-likeness (QED) is 0.743. The molecular weight excluding hydrogens is 170 g/mol. The zero-order valence-corrected chi connectivity index (χ0v) is 8.14. The average molecular weight is 185 g/mol. The minimum atomic E-state index is -0.651. The van der Waals surface area contributed by atoms with Crippen molar-refractivity contribution in [2.75, 3.05) is 13.7 Å². The van der Waals surface area contributed by atoms with Crippen molar-refractivity contribution in [1.29, 1.82) is 0 Å². The molecule has 0 aromatic carbocycles. The molecule has 1 N–H and O–H groups in total. The predicted octanol–water partition coefficient (Wildman–Crippen LogP) is 0.539. The van der Waals surface area contributed by atoms with E-state index in [4.69, 9.17) is 4.74 Å². The molecule has 1 aromatic heterocycles. The highest BCUT2D eigenvalue weighted by molar-refractivity contribution is 4.99. The molecule has 0 aliphatic heterocycles. The van der Waals surface area contributed by atoms with Crippen LogP contribution < -0.4 is 0 Å². The van der Waals surface area contributed by atoms with Crippen LogP contribution >= 0.6 is 0 Å². The van der Waals surface area contributed by atoms with Crippen LogP contribution in [-0.4, -0.2) is 33.8 Å². The highest BCUT2D eigenvalue weighted by Crippen LogP contribution is 2.14. The largest absolute Gasteiger partial charge is 0.384 e. The monoisotopic (exact) mass is 185 g/mol. The van der Waals surface area contributed by atoms with E-state index >= 15 is 0 Å². The van der Waals surface area contributed by atoms with Gasteiger partial charge in [0.15, 0.2) is 0 Å². The molecule has 0 aliphatic rings. The molecule has 74 valence electrons. The standard InChI is InChI=1S/C8H15N3O2/c1-6(2)11-7(4-9-10-11)8(12)5-13-3/h4,6,8,12H,5H2,1-3H3/t8-/m1/s1. The van der Waals surface area contributed by atoms with E-state index in [2.05, 4.69) is 10.3 Å². The van der Waals surface area contributed by atoms with Crippen LogP contribution in [0.3, 0.4) is 0 Å². The van der Waals surface area contributed by atoms with Gasteiger partial charge in [-0.3, -0.25) is 0 Å². The van der Waals surface area contributed by atoms with Gasteiger partial charge in [-0.25, -0.2) is 4.68 Å². The molecule has 0 aliphatic carbocycles. The summed E-state index contributed by atoms with van der Waals surface area (Å²) < 4.78 is 6.53. The molecule has 0 spiro atoms. The number of aromatic nitrogens is 3. The molecule has 0 bridgehead atoms. The minimum Gasteiger partial charge on any atom is -0.384 e. The summed E-state index contributed by atoms with van der Waals surface area (Å²) in [6, 6.07) is 0.198. The number of aliphatic hydroxyl groups is 1. The predicted molar refractivity (Wildman–Crippen MR) is 47.2 cm³/mol. The number of methoxy groups -OCH3 is 1. The van der Waals surface area contributed by atoms with Crippen LogP contribution in [0.2, 0.25) is 0 Å². The van der Waals surface area contributed by atoms with Crippen molar-refractivity contribution in [2.45, 2.75) is 26.0 Å². The summed E-state index contributed by atoms with van der Waals surface area (Å²) in [5, 5.41) is 17.2. The van der Waals surface area contributed by atoms with Crippen molar-refractivity contribution in [1.82, 2.24) is 15.0 Å². The van der Waals surface area contributed by atoms with E-state index in [-0.39, 0.29) is 12.6 Å². The molecule has 0 radical (unpaired) electrons. The summed E-state index contributed by atoms with van der Waals surface area (Å²) in [4.78, 5) is 0. The first-order valence-electron chi connectivity index (χ1n) is 4.24. The third-order valence-corrected chi connectivity index (χ3v) is 1.76. The van der Waals surface area contributed by atoms with Gasteiger partial charge < -0.3 is 9.84 Å². The summed E-state index contributed by atoms with van der Waals surface area (Å²) in [6.07, 6.45) is 0.909. The van der Waals surface area contributed by atoms with Crippen molar-refractivity contribution < 1.29 is 9.84 Å². The second kappa shape index (κ2) is 4.34. The van der Waals surface area contributed by atoms with Crippen LogP contribution in [0.1, 0.15) is 31.7 Å². The van der Waals surface area contributed by atoms with E-state index in [1.807, 2.05) is 13.8 Å². The van der Waals surface area contributed by atoms with Crippen molar-refractivity contribution in [3.05, 3.63) is 11.9 Å². The maximum atomic E-state index is 9.61. The number of hydrogen-bond acceptors (Lipinski definition) is 4. The fraction of sp³-hybridized carbons (Fsp3) is 0.750. The Kier molecular flexibility index (Phi) is 3.39. The third-order valence-electron chi connectivity index (χ3n) is 1.76. The summed E-state index contributed by atoms with van der Waals surface area (Å²) in [5.74, 6) is 0. The number of nitrogens with zero attached hydrogens (tertiary/aromatic N) is 3. The number of ether oxygens (including phenoxy) is 1. The SMILES string of the molecule is COC[C@@H](O)c1cnnn1C(C)C. The second-order valence-corrected chi connectivity index (χ2v) is 3.17. The molecule has 5 heteroatoms. The Balaban J connectivity index is 2.80. The van der Waals surface area contributed by atoms with E-state index in [0.29, 0.717) is 5.69 Å². The van der Waals surface area contributed by atoms with E-state index in [9.17, 15) is 5.11 Å². The maximum Gasteiger partial charge on any atom is 0.120 e. The van der Waals surface area contributed by atoms with Gasteiger partial charge in [0.2, 0.25) is 0 Å². The zero-order valence-electron chi connectivity index (χ0n) is 8.14. The van der Waals surface area contributed by atoms with Crippen LogP contribution in [0.4, 0.5) is 0 Å². The van der Waals surface area contributed by atoms with Gasteiger partial charge in [0, 0.05) is 13.2 Å². The first-order chi connectivity index (χ1) is 6.16. The Morgan fingerprint density at radius 2 is 2.31 bits per heavy atom. The van der Waals surface area contributed by atoms with Gasteiger partial charge in [-0.1, -0.05) is 5.21 Å². The molecule has 13 heavy (non-hydrogen) atoms. The molecule has 5 nitrogen and oxygen atoms in total. The zero-order chi connectivity index (χ0) is 9.84. The van der Waals surface area contributed by atoms with Crippen molar-refractivity contribution in [3.8, 4) is 0 Å². The lowest BCUT2D eigenvalue weighted by atomic mass is 10.2. The normalized spacial score (nSPS) is 13.6. The highest BCUT2D eigenvalue weighted by atomic mass is 16.5. The van der Waals surface area contributed by atoms with Gasteiger partial charge in [0.25, 0.3) is 0 Å². The van der Waals surface area contributed by atoms with Crippen LogP contribution in [0, 0.1) is 0 Å². The number of aliphatic hydroxyl groups excluding tert-OH is 1. The van der Waals surface area contributed by atoms with Crippen LogP contribution in [0.5, 0.6) is 0 Å². The van der Waals surface area contributed by atoms with Gasteiger partial charge in [-0.2, -0.15) is 0 Å². The van der Waals surface area contributed by atoms with Crippen molar-refractivity contribution in [3.63, 3.8) is 0 Å². The van der Waals surface area contributed by atoms with Crippen LogP contribution in [0.25, 0.3) is 0 Å². The summed E-state index contributed by atoms with van der Waals surface area (Å²) in [7, 11) is 1.55. The summed E-state index contributed by atoms with van der Waals surface area (Å²) in [6.45, 7) is 4.23. The molecule has 1 heterocycles. The Bertz CT molecular complexity index is 260. The molecule has 0 unspecified atom stereocenters. The first kappa shape index (κ1) is 10.1. The Labute approximate surface area is 77.3 Å². The van der Waals surface area contributed by atoms with Crippen molar-refractivity contribution >= 4 is 0 Å². The lowest BCUT2D eigenvalue weighted by Crippen LogP contribution is -2.14. The highest BCUT2D eigenvalue weighted by Gasteiger charge is 2.15. The van der Waals surface area contributed by atoms with Gasteiger partial charge in [-0.15, -0.1) is 5.10 Å². The number of hydrogen-bond donors (Lipinski definition) is 1. The molecule has 0 amide bonds. The topological polar surface area (TPSA) is 60.2 Å². The number of rotatable bonds is 4. The Morgan fingerprint density at radius 3 is 2.85 bits per heavy atom. The molecule has 1 atom stereocenters. The summed E-state index contributed by atoms with van der Waals surface area (Å²) >= 11 is 0. The summed E-state index contributed by atoms with van der Waals surface area (Å²) in [5.41, 5.74) is 0.692. The molecule has 0 saturated heterocycles. The molecular formula is C8H15N3O2. The molecule has 1 rings (SSSR count). The lowest BCUT2D eigenvalue weighted by Gasteiger charge is -2.13. The van der Waals surface area contributed by atoms with Gasteiger partial charge in [0.05, 0.1) is 18.5 Å². The fourth-order valence-corrected chi connectivity index (χ4v) is 1.13. The van der Waals surface area contributed by atoms with Crippen LogP contribution in [0.15, 0.2) is 6.20 Å². The maximum absolute atomic E-state index is 9.61. The molecule has 1 aromatic rings. The van der Waals surface area contributed by atoms with Gasteiger partial charge in [-0.05, 0) is 13.8 Å². The third kappa shape index (κ3) is 2.26. The van der Waals surface area contributed by atoms with Gasteiger partial charge >= 0.3 is 0 Å². The fourth-order valence-electron chi connectivity index (χ4n) is 1.13. The molecule has 0 fully saturated rings. The molecule has 0 saturated carbocycles. The lowest BCUT2D eigenvalue weighted by molar-refractivity contribution is 0.0578. The van der Waals surface area contributed by atoms with E-state index in [1.54, 1.807) is 18.0 Å². The first-order valence-corrected chi connectivity index (χ1v) is 4.24. The minimum absolute atomic E-state index is 0.198. The van der Waals surface area contributed by atoms with E-state index in [1.165, 1.54) is 0 Å². The van der Waals surface area contributed by atoms with Crippen molar-refractivity contribution in [2.24, 2.45) is 0 Å². The van der Waals surface area contributed by atoms with E-state index in [0.717, 1.165) is 0 Å². The Hall–Kier alpha value is -0.940. The smallest absolute Gasteiger partial charge is 0.120 e.